The van der Waals surface area contributed by atoms with Crippen molar-refractivity contribution in [2.75, 3.05) is 6.54 Å². The van der Waals surface area contributed by atoms with Crippen molar-refractivity contribution >= 4 is 17.4 Å². The molecule has 1 N–H and O–H groups in total. The second-order valence-electron chi connectivity index (χ2n) is 10.6. The second-order valence-corrected chi connectivity index (χ2v) is 10.6. The molecule has 5 nitrogen and oxygen atoms in total. The van der Waals surface area contributed by atoms with Crippen LogP contribution in [0.2, 0.25) is 0 Å². The zero-order chi connectivity index (χ0) is 23.5. The Balaban J connectivity index is 1.35. The first-order valence-corrected chi connectivity index (χ1v) is 12.1. The summed E-state index contributed by atoms with van der Waals surface area (Å²) >= 11 is 0. The van der Waals surface area contributed by atoms with E-state index in [0.29, 0.717) is 18.8 Å². The standard InChI is InChI=1S/C27H29F2N3O2/c1-17-10-21(18-2-3-18)22(20-6-8-30-25(17)20)13-32-9-7-26(14-27(28,29)15-26)11-23(32)19-4-5-24(31-12-19)34-16-33/h4-6,8,10,12,16,18,23,30H,2-3,7,9,11,13-15H2,1H3/t23-/m1/s1. The van der Waals surface area contributed by atoms with Crippen molar-refractivity contribution in [3.8, 4) is 5.88 Å². The quantitative estimate of drug-likeness (QED) is 0.451. The number of aromatic nitrogens is 2. The number of aryl methyl sites for hydroxylation is 1. The highest BCUT2D eigenvalue weighted by atomic mass is 19.3. The normalized spacial score (nSPS) is 23.7. The number of benzene rings is 1. The molecule has 2 aromatic heterocycles. The molecule has 1 aliphatic heterocycles. The molecule has 7 heteroatoms. The Labute approximate surface area is 197 Å². The number of likely N-dealkylation sites (tertiary alicyclic amines) is 1. The molecule has 0 radical (unpaired) electrons. The molecule has 0 unspecified atom stereocenters. The van der Waals surface area contributed by atoms with Crippen LogP contribution in [-0.2, 0) is 11.3 Å². The molecule has 34 heavy (non-hydrogen) atoms. The number of hydrogen-bond acceptors (Lipinski definition) is 4. The van der Waals surface area contributed by atoms with E-state index in [9.17, 15) is 13.6 Å². The topological polar surface area (TPSA) is 58.2 Å². The highest BCUT2D eigenvalue weighted by Crippen LogP contribution is 2.60. The molecule has 1 spiro atoms. The van der Waals surface area contributed by atoms with E-state index >= 15 is 0 Å². The lowest BCUT2D eigenvalue weighted by atomic mass is 9.59. The predicted molar refractivity (Wildman–Crippen MR) is 125 cm³/mol. The molecule has 0 amide bonds. The molecule has 1 aromatic carbocycles. The number of carbonyl (C=O) groups excluding carboxylic acids is 1. The minimum Gasteiger partial charge on any atom is -0.410 e. The van der Waals surface area contributed by atoms with Crippen LogP contribution in [0.3, 0.4) is 0 Å². The van der Waals surface area contributed by atoms with E-state index in [1.807, 2.05) is 12.3 Å². The molecule has 178 valence electrons. The fourth-order valence-corrected chi connectivity index (χ4v) is 6.40. The van der Waals surface area contributed by atoms with Gasteiger partial charge in [-0.25, -0.2) is 13.8 Å². The average Bonchev–Trinajstić information content (AvgIpc) is 3.51. The van der Waals surface area contributed by atoms with Gasteiger partial charge in [0.15, 0.2) is 0 Å². The molecule has 1 atom stereocenters. The lowest BCUT2D eigenvalue weighted by Gasteiger charge is -2.54. The third-order valence-corrected chi connectivity index (χ3v) is 8.14. The molecule has 1 saturated heterocycles. The van der Waals surface area contributed by atoms with Gasteiger partial charge in [-0.05, 0) is 78.8 Å². The maximum absolute atomic E-state index is 13.9. The number of piperidine rings is 1. The van der Waals surface area contributed by atoms with Crippen molar-refractivity contribution in [3.05, 3.63) is 58.9 Å². The number of pyridine rings is 1. The third-order valence-electron chi connectivity index (χ3n) is 8.14. The van der Waals surface area contributed by atoms with Gasteiger partial charge in [0.25, 0.3) is 6.47 Å². The Hall–Kier alpha value is -2.80. The van der Waals surface area contributed by atoms with Gasteiger partial charge in [-0.15, -0.1) is 0 Å². The van der Waals surface area contributed by atoms with Gasteiger partial charge < -0.3 is 9.72 Å². The van der Waals surface area contributed by atoms with Gasteiger partial charge in [-0.2, -0.15) is 0 Å². The van der Waals surface area contributed by atoms with E-state index in [0.717, 1.165) is 25.1 Å². The Morgan fingerprint density at radius 2 is 2.09 bits per heavy atom. The summed E-state index contributed by atoms with van der Waals surface area (Å²) < 4.78 is 32.7. The molecule has 3 fully saturated rings. The monoisotopic (exact) mass is 465 g/mol. The summed E-state index contributed by atoms with van der Waals surface area (Å²) in [5.74, 6) is -1.68. The zero-order valence-corrected chi connectivity index (χ0v) is 19.3. The average molecular weight is 466 g/mol. The number of rotatable bonds is 6. The molecule has 3 aromatic rings. The summed E-state index contributed by atoms with van der Waals surface area (Å²) in [4.78, 5) is 20.8. The summed E-state index contributed by atoms with van der Waals surface area (Å²) in [5.41, 5.74) is 5.92. The van der Waals surface area contributed by atoms with Crippen LogP contribution in [0, 0.1) is 12.3 Å². The number of fused-ring (bicyclic) bond motifs is 1. The number of halogens is 2. The maximum atomic E-state index is 13.9. The van der Waals surface area contributed by atoms with Crippen LogP contribution in [0.1, 0.15) is 72.7 Å². The van der Waals surface area contributed by atoms with Gasteiger partial charge >= 0.3 is 0 Å². The molecule has 2 aliphatic carbocycles. The van der Waals surface area contributed by atoms with E-state index in [1.54, 1.807) is 12.3 Å². The van der Waals surface area contributed by atoms with Crippen molar-refractivity contribution in [1.82, 2.24) is 14.9 Å². The van der Waals surface area contributed by atoms with Crippen LogP contribution >= 0.6 is 0 Å². The number of ether oxygens (including phenoxy) is 1. The summed E-state index contributed by atoms with van der Waals surface area (Å²) in [5, 5.41) is 1.27. The highest BCUT2D eigenvalue weighted by Gasteiger charge is 2.58. The minimum atomic E-state index is -2.54. The minimum absolute atomic E-state index is 0.00928. The van der Waals surface area contributed by atoms with Crippen LogP contribution in [0.15, 0.2) is 36.7 Å². The van der Waals surface area contributed by atoms with Gasteiger partial charge in [0.1, 0.15) is 0 Å². The Morgan fingerprint density at radius 3 is 2.76 bits per heavy atom. The Bertz CT molecular complexity index is 1220. The fourth-order valence-electron chi connectivity index (χ4n) is 6.40. The summed E-state index contributed by atoms with van der Waals surface area (Å²) in [6, 6.07) is 8.10. The molecule has 2 saturated carbocycles. The van der Waals surface area contributed by atoms with Crippen LogP contribution in [0.4, 0.5) is 8.78 Å². The van der Waals surface area contributed by atoms with Gasteiger partial charge in [0.05, 0.1) is 0 Å². The summed E-state index contributed by atoms with van der Waals surface area (Å²) in [7, 11) is 0. The molecular weight excluding hydrogens is 436 g/mol. The maximum Gasteiger partial charge on any atom is 0.299 e. The summed E-state index contributed by atoms with van der Waals surface area (Å²) in [6.45, 7) is 4.08. The van der Waals surface area contributed by atoms with Crippen molar-refractivity contribution in [2.45, 2.75) is 69.9 Å². The number of hydrogen-bond donors (Lipinski definition) is 1. The molecular formula is C27H29F2N3O2. The van der Waals surface area contributed by atoms with E-state index in [4.69, 9.17) is 4.74 Å². The molecule has 3 aliphatic rings. The third kappa shape index (κ3) is 3.80. The lowest BCUT2D eigenvalue weighted by molar-refractivity contribution is -0.186. The van der Waals surface area contributed by atoms with Crippen LogP contribution in [0.25, 0.3) is 10.9 Å². The first-order chi connectivity index (χ1) is 16.4. The highest BCUT2D eigenvalue weighted by molar-refractivity contribution is 5.87. The van der Waals surface area contributed by atoms with Crippen molar-refractivity contribution in [2.24, 2.45) is 5.41 Å². The van der Waals surface area contributed by atoms with E-state index in [1.165, 1.54) is 40.4 Å². The van der Waals surface area contributed by atoms with E-state index < -0.39 is 5.92 Å². The lowest BCUT2D eigenvalue weighted by Crippen LogP contribution is -2.53. The Morgan fingerprint density at radius 1 is 1.26 bits per heavy atom. The molecule has 6 rings (SSSR count). The first kappa shape index (κ1) is 21.7. The second kappa shape index (κ2) is 7.87. The van der Waals surface area contributed by atoms with Gasteiger partial charge in [-0.1, -0.05) is 12.1 Å². The largest absolute Gasteiger partial charge is 0.410 e. The van der Waals surface area contributed by atoms with Crippen LogP contribution in [-0.4, -0.2) is 33.8 Å². The predicted octanol–water partition coefficient (Wildman–Crippen LogP) is 6.04. The van der Waals surface area contributed by atoms with Crippen molar-refractivity contribution < 1.29 is 18.3 Å². The number of nitrogens with one attached hydrogen (secondary N) is 1. The van der Waals surface area contributed by atoms with Crippen molar-refractivity contribution in [3.63, 3.8) is 0 Å². The first-order valence-electron chi connectivity index (χ1n) is 12.1. The van der Waals surface area contributed by atoms with Gasteiger partial charge in [0, 0.05) is 54.8 Å². The van der Waals surface area contributed by atoms with Crippen LogP contribution < -0.4 is 4.74 Å². The number of carbonyl (C=O) groups is 1. The number of aromatic amines is 1. The molecule has 3 heterocycles. The van der Waals surface area contributed by atoms with Crippen molar-refractivity contribution in [1.29, 1.82) is 0 Å². The van der Waals surface area contributed by atoms with E-state index in [2.05, 4.69) is 33.9 Å². The summed E-state index contributed by atoms with van der Waals surface area (Å²) in [6.07, 6.45) is 7.63. The van der Waals surface area contributed by atoms with E-state index in [-0.39, 0.29) is 30.2 Å². The zero-order valence-electron chi connectivity index (χ0n) is 19.3. The molecule has 0 bridgehead atoms. The fraction of sp³-hybridized carbons (Fsp3) is 0.481. The SMILES string of the molecule is Cc1cc(C2CC2)c(CN2CCC3(C[C@@H]2c2ccc(OC=O)nc2)CC(F)(F)C3)c2cc[nH]c12. The Kier molecular flexibility index (Phi) is 5.03. The number of nitrogens with zero attached hydrogens (tertiary/aromatic N) is 2. The van der Waals surface area contributed by atoms with Gasteiger partial charge in [-0.3, -0.25) is 9.69 Å². The van der Waals surface area contributed by atoms with Crippen LogP contribution in [0.5, 0.6) is 5.88 Å². The number of alkyl halides is 2. The van der Waals surface area contributed by atoms with Gasteiger partial charge in [0.2, 0.25) is 11.8 Å². The smallest absolute Gasteiger partial charge is 0.299 e. The number of H-pyrrole nitrogens is 1.